The second-order valence-electron chi connectivity index (χ2n) is 6.25. The molecule has 1 atom stereocenters. The van der Waals surface area contributed by atoms with Gasteiger partial charge in [0.05, 0.1) is 5.39 Å². The van der Waals surface area contributed by atoms with E-state index in [2.05, 4.69) is 82.9 Å². The van der Waals surface area contributed by atoms with Gasteiger partial charge in [-0.3, -0.25) is 0 Å². The van der Waals surface area contributed by atoms with Gasteiger partial charge < -0.3 is 15.6 Å². The highest BCUT2D eigenvalue weighted by molar-refractivity contribution is 5.91. The van der Waals surface area contributed by atoms with E-state index >= 15 is 0 Å². The maximum Gasteiger partial charge on any atom is 0.143 e. The predicted molar refractivity (Wildman–Crippen MR) is 126 cm³/mol. The van der Waals surface area contributed by atoms with Crippen molar-refractivity contribution in [2.45, 2.75) is 33.7 Å². The summed E-state index contributed by atoms with van der Waals surface area (Å²) in [4.78, 5) is 12.2. The molecule has 0 aliphatic carbocycles. The van der Waals surface area contributed by atoms with E-state index in [-0.39, 0.29) is 6.04 Å². The number of allylic oxidation sites excluding steroid dienone is 2. The van der Waals surface area contributed by atoms with Crippen LogP contribution in [0.4, 0.5) is 11.5 Å². The van der Waals surface area contributed by atoms with Crippen molar-refractivity contribution in [3.05, 3.63) is 73.6 Å². The molecule has 0 saturated carbocycles. The van der Waals surface area contributed by atoms with Crippen LogP contribution < -0.4 is 10.6 Å². The molecule has 1 aromatic carbocycles. The quantitative estimate of drug-likeness (QED) is 0.402. The van der Waals surface area contributed by atoms with Crippen LogP contribution in [0.3, 0.4) is 0 Å². The maximum atomic E-state index is 4.43. The largest absolute Gasteiger partial charge is 0.385 e. The Bertz CT molecular complexity index is 967. The van der Waals surface area contributed by atoms with Crippen LogP contribution in [0, 0.1) is 0 Å². The number of nitrogens with zero attached hydrogens (tertiary/aromatic N) is 2. The molecule has 5 nitrogen and oxygen atoms in total. The lowest BCUT2D eigenvalue weighted by Gasteiger charge is -2.15. The van der Waals surface area contributed by atoms with Crippen molar-refractivity contribution in [1.29, 1.82) is 0 Å². The summed E-state index contributed by atoms with van der Waals surface area (Å²) in [6.07, 6.45) is 7.09. The maximum absolute atomic E-state index is 4.43. The highest BCUT2D eigenvalue weighted by Crippen LogP contribution is 2.28. The molecule has 3 rings (SSSR count). The number of aromatic amines is 1. The molecular weight excluding hydrogens is 358 g/mol. The number of benzene rings is 1. The van der Waals surface area contributed by atoms with Crippen LogP contribution in [0.5, 0.6) is 0 Å². The van der Waals surface area contributed by atoms with Crippen LogP contribution in [0.15, 0.2) is 73.6 Å². The molecule has 0 saturated heterocycles. The highest BCUT2D eigenvalue weighted by atomic mass is 15.1. The lowest BCUT2D eigenvalue weighted by atomic mass is 10.1. The van der Waals surface area contributed by atoms with Crippen LogP contribution in [-0.2, 0) is 0 Å². The molecular formula is C24H31N5. The van der Waals surface area contributed by atoms with Crippen LogP contribution in [0.2, 0.25) is 0 Å². The molecule has 3 N–H and O–H groups in total. The minimum Gasteiger partial charge on any atom is -0.385 e. The summed E-state index contributed by atoms with van der Waals surface area (Å²) >= 11 is 0. The summed E-state index contributed by atoms with van der Waals surface area (Å²) in [6, 6.07) is 10.5. The Labute approximate surface area is 173 Å². The fourth-order valence-corrected chi connectivity index (χ4v) is 3.00. The van der Waals surface area contributed by atoms with E-state index in [1.165, 1.54) is 0 Å². The molecule has 0 amide bonds. The van der Waals surface area contributed by atoms with Crippen molar-refractivity contribution < 1.29 is 0 Å². The summed E-state index contributed by atoms with van der Waals surface area (Å²) in [5.41, 5.74) is 5.07. The molecule has 0 radical (unpaired) electrons. The second kappa shape index (κ2) is 10.9. The summed E-state index contributed by atoms with van der Waals surface area (Å²) in [5, 5.41) is 7.71. The Morgan fingerprint density at radius 1 is 1.17 bits per heavy atom. The van der Waals surface area contributed by atoms with Crippen LogP contribution in [0.25, 0.3) is 22.3 Å². The van der Waals surface area contributed by atoms with E-state index < -0.39 is 0 Å². The zero-order chi connectivity index (χ0) is 21.2. The van der Waals surface area contributed by atoms with Crippen molar-refractivity contribution >= 4 is 22.5 Å². The van der Waals surface area contributed by atoms with Gasteiger partial charge in [-0.1, -0.05) is 57.4 Å². The van der Waals surface area contributed by atoms with E-state index in [1.807, 2.05) is 26.0 Å². The first-order chi connectivity index (χ1) is 14.2. The van der Waals surface area contributed by atoms with Crippen LogP contribution in [-0.4, -0.2) is 27.5 Å². The first-order valence-electron chi connectivity index (χ1n) is 10.1. The Hall–Kier alpha value is -3.34. The van der Waals surface area contributed by atoms with Gasteiger partial charge in [-0.15, -0.1) is 0 Å². The summed E-state index contributed by atoms with van der Waals surface area (Å²) in [7, 11) is 0. The Morgan fingerprint density at radius 3 is 2.52 bits per heavy atom. The van der Waals surface area contributed by atoms with Gasteiger partial charge in [0.25, 0.3) is 0 Å². The van der Waals surface area contributed by atoms with Gasteiger partial charge in [-0.2, -0.15) is 0 Å². The molecule has 0 bridgehead atoms. The topological polar surface area (TPSA) is 65.6 Å². The number of hydrogen-bond acceptors (Lipinski definition) is 4. The average molecular weight is 390 g/mol. The molecule has 29 heavy (non-hydrogen) atoms. The van der Waals surface area contributed by atoms with Gasteiger partial charge in [0.15, 0.2) is 0 Å². The lowest BCUT2D eigenvalue weighted by Crippen LogP contribution is -2.18. The van der Waals surface area contributed by atoms with Crippen molar-refractivity contribution in [1.82, 2.24) is 15.0 Å². The monoisotopic (exact) mass is 389 g/mol. The minimum atomic E-state index is 0.0522. The van der Waals surface area contributed by atoms with E-state index in [0.717, 1.165) is 45.9 Å². The van der Waals surface area contributed by atoms with Crippen LogP contribution >= 0.6 is 0 Å². The van der Waals surface area contributed by atoms with Gasteiger partial charge >= 0.3 is 0 Å². The Balaban J connectivity index is 0.00000145. The highest BCUT2D eigenvalue weighted by Gasteiger charge is 2.12. The predicted octanol–water partition coefficient (Wildman–Crippen LogP) is 6.18. The van der Waals surface area contributed by atoms with Gasteiger partial charge in [0.2, 0.25) is 0 Å². The third-order valence-electron chi connectivity index (χ3n) is 4.40. The van der Waals surface area contributed by atoms with E-state index in [1.54, 1.807) is 12.4 Å². The van der Waals surface area contributed by atoms with Crippen molar-refractivity contribution in [3.8, 4) is 11.3 Å². The van der Waals surface area contributed by atoms with Crippen molar-refractivity contribution in [2.24, 2.45) is 0 Å². The number of hydrogen-bond donors (Lipinski definition) is 3. The number of H-pyrrole nitrogens is 1. The van der Waals surface area contributed by atoms with Gasteiger partial charge in [0, 0.05) is 24.0 Å². The first-order valence-corrected chi connectivity index (χ1v) is 10.1. The van der Waals surface area contributed by atoms with Gasteiger partial charge in [-0.25, -0.2) is 9.97 Å². The molecule has 0 unspecified atom stereocenters. The molecule has 0 fully saturated rings. The number of fused-ring (bicyclic) bond motifs is 1. The van der Waals surface area contributed by atoms with E-state index in [9.17, 15) is 0 Å². The third kappa shape index (κ3) is 5.35. The molecule has 2 aromatic heterocycles. The molecule has 5 heteroatoms. The number of anilines is 2. The minimum absolute atomic E-state index is 0.0522. The standard InChI is InChI=1S/C22H25N5.C2H6/c1-5-8-16(6-2)15(4)26-21-19-13-20(27-22(19)25-14-24-21)17-9-11-18(12-10-17)23-7-3;1-2/h5-6,8-15,23H,1-2,7H2,3-4H3,(H2,24,25,26,27);1-2H3/b16-8+;/t15-;/m1./s1. The van der Waals surface area contributed by atoms with E-state index in [0.29, 0.717) is 0 Å². The van der Waals surface area contributed by atoms with E-state index in [4.69, 9.17) is 0 Å². The van der Waals surface area contributed by atoms with Crippen LogP contribution in [0.1, 0.15) is 27.7 Å². The molecule has 2 heterocycles. The molecule has 3 aromatic rings. The van der Waals surface area contributed by atoms with Crippen molar-refractivity contribution in [3.63, 3.8) is 0 Å². The summed E-state index contributed by atoms with van der Waals surface area (Å²) in [5.74, 6) is 0.788. The SMILES string of the molecule is C=C/C=C(\C=C)[C@@H](C)Nc1ncnc2[nH]c(-c3ccc(NCC)cc3)cc12.CC. The Morgan fingerprint density at radius 2 is 1.90 bits per heavy atom. The van der Waals surface area contributed by atoms with Crippen molar-refractivity contribution in [2.75, 3.05) is 17.2 Å². The first kappa shape index (κ1) is 22.0. The zero-order valence-electron chi connectivity index (χ0n) is 17.8. The molecule has 152 valence electrons. The molecule has 0 spiro atoms. The third-order valence-corrected chi connectivity index (χ3v) is 4.40. The average Bonchev–Trinajstić information content (AvgIpc) is 3.19. The molecule has 0 aliphatic heterocycles. The smallest absolute Gasteiger partial charge is 0.143 e. The fraction of sp³-hybridized carbons (Fsp3) is 0.250. The van der Waals surface area contributed by atoms with Gasteiger partial charge in [0.1, 0.15) is 17.8 Å². The Kier molecular flexibility index (Phi) is 8.22. The zero-order valence-corrected chi connectivity index (χ0v) is 17.8. The molecule has 0 aliphatic rings. The number of nitrogens with one attached hydrogen (secondary N) is 3. The lowest BCUT2D eigenvalue weighted by molar-refractivity contribution is 0.940. The normalized spacial score (nSPS) is 11.9. The summed E-state index contributed by atoms with van der Waals surface area (Å²) < 4.78 is 0. The fourth-order valence-electron chi connectivity index (χ4n) is 3.00. The number of aromatic nitrogens is 3. The second-order valence-corrected chi connectivity index (χ2v) is 6.25. The number of rotatable bonds is 8. The van der Waals surface area contributed by atoms with Gasteiger partial charge in [-0.05, 0) is 43.2 Å². The summed E-state index contributed by atoms with van der Waals surface area (Å²) in [6.45, 7) is 16.7.